The number of rotatable bonds is 4. The number of carbonyl (C=O) groups is 1. The zero-order valence-corrected chi connectivity index (χ0v) is 13.1. The fraction of sp³-hybridized carbons (Fsp3) is 0.231. The summed E-state index contributed by atoms with van der Waals surface area (Å²) in [6.45, 7) is 0. The second kappa shape index (κ2) is 6.15. The number of hydrogen-bond acceptors (Lipinski definition) is 7. The van der Waals surface area contributed by atoms with Gasteiger partial charge in [0.25, 0.3) is 0 Å². The molecule has 24 heavy (non-hydrogen) atoms. The molecule has 0 fully saturated rings. The van der Waals surface area contributed by atoms with E-state index in [1.807, 2.05) is 0 Å². The minimum absolute atomic E-state index is 0.0103. The Hall–Kier alpha value is -2.56. The average Bonchev–Trinajstić information content (AvgIpc) is 2.52. The van der Waals surface area contributed by atoms with Crippen molar-refractivity contribution in [2.24, 2.45) is 0 Å². The quantitative estimate of drug-likeness (QED) is 0.466. The summed E-state index contributed by atoms with van der Waals surface area (Å²) in [6, 6.07) is 4.23. The van der Waals surface area contributed by atoms with Crippen molar-refractivity contribution in [3.8, 4) is 11.5 Å². The second-order valence-corrected chi connectivity index (χ2v) is 5.89. The maximum Gasteiger partial charge on any atom is 0.534 e. The molecule has 0 aliphatic rings. The van der Waals surface area contributed by atoms with Crippen LogP contribution >= 0.6 is 0 Å². The van der Waals surface area contributed by atoms with Crippen LogP contribution in [0.5, 0.6) is 11.5 Å². The molecule has 2 aromatic rings. The average molecular weight is 365 g/mol. The number of hydrogen-bond donors (Lipinski definition) is 0. The van der Waals surface area contributed by atoms with Crippen molar-refractivity contribution in [2.45, 2.75) is 5.51 Å². The molecule has 0 aliphatic heterocycles. The van der Waals surface area contributed by atoms with E-state index in [1.165, 1.54) is 25.3 Å². The van der Waals surface area contributed by atoms with Crippen molar-refractivity contribution in [1.29, 1.82) is 0 Å². The van der Waals surface area contributed by atoms with Crippen molar-refractivity contribution < 1.29 is 40.0 Å². The van der Waals surface area contributed by atoms with Gasteiger partial charge in [0.15, 0.2) is 5.75 Å². The molecule has 1 aromatic heterocycles. The number of nitrogens with zero attached hydrogens (tertiary/aromatic N) is 1. The molecule has 0 radical (unpaired) electrons. The van der Waals surface area contributed by atoms with Gasteiger partial charge in [-0.3, -0.25) is 4.98 Å². The molecule has 0 saturated carbocycles. The molecule has 0 saturated heterocycles. The minimum atomic E-state index is -5.98. The maximum atomic E-state index is 12.5. The SMILES string of the molecule is COC(=O)c1c(OS(=O)(=O)C(F)(F)F)cnc2ccc(OC)cc12. The van der Waals surface area contributed by atoms with Gasteiger partial charge in [-0.05, 0) is 18.2 Å². The van der Waals surface area contributed by atoms with Crippen LogP contribution in [0.25, 0.3) is 10.9 Å². The number of halogens is 3. The number of alkyl halides is 3. The van der Waals surface area contributed by atoms with Crippen LogP contribution < -0.4 is 8.92 Å². The van der Waals surface area contributed by atoms with Gasteiger partial charge in [-0.25, -0.2) is 4.79 Å². The minimum Gasteiger partial charge on any atom is -0.497 e. The van der Waals surface area contributed by atoms with Crippen LogP contribution in [0.3, 0.4) is 0 Å². The number of carbonyl (C=O) groups excluding carboxylic acids is 1. The summed E-state index contributed by atoms with van der Waals surface area (Å²) in [5.74, 6) is -1.73. The van der Waals surface area contributed by atoms with Crippen LogP contribution in [0.2, 0.25) is 0 Å². The van der Waals surface area contributed by atoms with Gasteiger partial charge in [-0.1, -0.05) is 0 Å². The zero-order chi connectivity index (χ0) is 18.1. The summed E-state index contributed by atoms with van der Waals surface area (Å²) in [6.07, 6.45) is 0.699. The molecule has 1 aromatic carbocycles. The molecular formula is C13H10F3NO6S. The van der Waals surface area contributed by atoms with Crippen LogP contribution in [-0.4, -0.2) is 39.1 Å². The number of esters is 1. The number of benzene rings is 1. The second-order valence-electron chi connectivity index (χ2n) is 4.36. The highest BCUT2D eigenvalue weighted by atomic mass is 32.2. The molecule has 0 spiro atoms. The molecule has 0 N–H and O–H groups in total. The number of pyridine rings is 1. The first-order valence-electron chi connectivity index (χ1n) is 6.16. The number of aromatic nitrogens is 1. The summed E-state index contributed by atoms with van der Waals surface area (Å²) >= 11 is 0. The first-order chi connectivity index (χ1) is 11.1. The van der Waals surface area contributed by atoms with Gasteiger partial charge < -0.3 is 13.7 Å². The van der Waals surface area contributed by atoms with E-state index in [4.69, 9.17) is 4.74 Å². The fourth-order valence-electron chi connectivity index (χ4n) is 1.82. The van der Waals surface area contributed by atoms with Crippen molar-refractivity contribution in [1.82, 2.24) is 4.98 Å². The third-order valence-electron chi connectivity index (χ3n) is 2.91. The molecule has 0 amide bonds. The van der Waals surface area contributed by atoms with Crippen molar-refractivity contribution >= 4 is 27.0 Å². The number of ether oxygens (including phenoxy) is 2. The lowest BCUT2D eigenvalue weighted by Crippen LogP contribution is -2.28. The Kier molecular flexibility index (Phi) is 4.56. The first-order valence-corrected chi connectivity index (χ1v) is 7.57. The summed E-state index contributed by atoms with van der Waals surface area (Å²) in [5, 5.41) is 0.0103. The Labute approximate surface area is 134 Å². The van der Waals surface area contributed by atoms with Crippen molar-refractivity contribution in [3.05, 3.63) is 30.0 Å². The molecule has 0 aliphatic carbocycles. The lowest BCUT2D eigenvalue weighted by Gasteiger charge is -2.13. The fourth-order valence-corrected chi connectivity index (χ4v) is 2.28. The standard InChI is InChI=1S/C13H10F3NO6S/c1-21-7-3-4-9-8(5-7)11(12(18)22-2)10(6-17-9)23-24(19,20)13(14,15)16/h3-6H,1-2H3. The summed E-state index contributed by atoms with van der Waals surface area (Å²) in [4.78, 5) is 15.7. The summed E-state index contributed by atoms with van der Waals surface area (Å²) < 4.78 is 73.4. The van der Waals surface area contributed by atoms with E-state index in [-0.39, 0.29) is 16.7 Å². The molecule has 1 heterocycles. The van der Waals surface area contributed by atoms with Crippen molar-refractivity contribution in [3.63, 3.8) is 0 Å². The van der Waals surface area contributed by atoms with Crippen LogP contribution in [0.4, 0.5) is 13.2 Å². The third-order valence-corrected chi connectivity index (χ3v) is 3.88. The third kappa shape index (κ3) is 3.20. The van der Waals surface area contributed by atoms with E-state index >= 15 is 0 Å². The van der Waals surface area contributed by atoms with Gasteiger partial charge >= 0.3 is 21.6 Å². The Balaban J connectivity index is 2.72. The Morgan fingerprint density at radius 1 is 1.21 bits per heavy atom. The number of fused-ring (bicyclic) bond motifs is 1. The van der Waals surface area contributed by atoms with Gasteiger partial charge in [0.1, 0.15) is 11.3 Å². The topological polar surface area (TPSA) is 91.8 Å². The van der Waals surface area contributed by atoms with E-state index in [1.54, 1.807) is 0 Å². The zero-order valence-electron chi connectivity index (χ0n) is 12.2. The Morgan fingerprint density at radius 3 is 2.42 bits per heavy atom. The normalized spacial score (nSPS) is 12.0. The van der Waals surface area contributed by atoms with Gasteiger partial charge in [0, 0.05) is 5.39 Å². The molecule has 7 nitrogen and oxygen atoms in total. The van der Waals surface area contributed by atoms with E-state index in [0.717, 1.165) is 7.11 Å². The highest BCUT2D eigenvalue weighted by molar-refractivity contribution is 7.88. The van der Waals surface area contributed by atoms with Crippen molar-refractivity contribution in [2.75, 3.05) is 14.2 Å². The van der Waals surface area contributed by atoms with Gasteiger partial charge in [-0.15, -0.1) is 0 Å². The summed E-state index contributed by atoms with van der Waals surface area (Å²) in [5.41, 5.74) is -5.98. The molecule has 11 heteroatoms. The predicted octanol–water partition coefficient (Wildman–Crippen LogP) is 2.26. The maximum absolute atomic E-state index is 12.5. The van der Waals surface area contributed by atoms with Crippen LogP contribution in [0, 0.1) is 0 Å². The number of methoxy groups -OCH3 is 2. The Morgan fingerprint density at radius 2 is 1.88 bits per heavy atom. The lowest BCUT2D eigenvalue weighted by atomic mass is 10.1. The van der Waals surface area contributed by atoms with Gasteiger partial charge in [0.2, 0.25) is 0 Å². The first kappa shape index (κ1) is 17.8. The van der Waals surface area contributed by atoms with Gasteiger partial charge in [0.05, 0.1) is 25.9 Å². The smallest absolute Gasteiger partial charge is 0.497 e. The molecular weight excluding hydrogens is 355 g/mol. The Bertz CT molecular complexity index is 894. The van der Waals surface area contributed by atoms with Crippen LogP contribution in [-0.2, 0) is 14.9 Å². The highest BCUT2D eigenvalue weighted by Crippen LogP contribution is 2.33. The largest absolute Gasteiger partial charge is 0.534 e. The monoisotopic (exact) mass is 365 g/mol. The predicted molar refractivity (Wildman–Crippen MR) is 75.2 cm³/mol. The van der Waals surface area contributed by atoms with E-state index in [2.05, 4.69) is 13.9 Å². The molecule has 2 rings (SSSR count). The molecule has 130 valence electrons. The molecule has 0 atom stereocenters. The van der Waals surface area contributed by atoms with E-state index in [0.29, 0.717) is 6.20 Å². The highest BCUT2D eigenvalue weighted by Gasteiger charge is 2.49. The molecule has 0 unspecified atom stereocenters. The van der Waals surface area contributed by atoms with Gasteiger partial charge in [-0.2, -0.15) is 21.6 Å². The summed E-state index contributed by atoms with van der Waals surface area (Å²) in [7, 11) is -3.66. The van der Waals surface area contributed by atoms with E-state index in [9.17, 15) is 26.4 Å². The van der Waals surface area contributed by atoms with E-state index < -0.39 is 32.9 Å². The van der Waals surface area contributed by atoms with Crippen LogP contribution in [0.1, 0.15) is 10.4 Å². The van der Waals surface area contributed by atoms with Crippen LogP contribution in [0.15, 0.2) is 24.4 Å². The molecule has 0 bridgehead atoms. The lowest BCUT2D eigenvalue weighted by molar-refractivity contribution is -0.0500.